The average Bonchev–Trinajstić information content (AvgIpc) is 2.81. The first-order chi connectivity index (χ1) is 10.5. The summed E-state index contributed by atoms with van der Waals surface area (Å²) in [6.45, 7) is 5.28. The molecule has 1 N–H and O–H groups in total. The zero-order valence-electron chi connectivity index (χ0n) is 12.8. The monoisotopic (exact) mass is 334 g/mol. The number of allylic oxidation sites excluding steroid dienone is 2. The molecule has 0 aliphatic heterocycles. The van der Waals surface area contributed by atoms with Crippen molar-refractivity contribution in [1.82, 2.24) is 9.97 Å². The van der Waals surface area contributed by atoms with Crippen LogP contribution in [0.5, 0.6) is 0 Å². The van der Waals surface area contributed by atoms with Gasteiger partial charge in [0.2, 0.25) is 0 Å². The van der Waals surface area contributed by atoms with E-state index in [1.807, 2.05) is 0 Å². The lowest BCUT2D eigenvalue weighted by atomic mass is 9.89. The van der Waals surface area contributed by atoms with Crippen LogP contribution in [0.4, 0.5) is 0 Å². The van der Waals surface area contributed by atoms with E-state index in [4.69, 9.17) is 0 Å². The van der Waals surface area contributed by atoms with Crippen LogP contribution in [-0.4, -0.2) is 20.9 Å². The van der Waals surface area contributed by atoms with Crippen LogP contribution in [0.25, 0.3) is 10.2 Å². The molecular formula is C16H18N2O2S2. The van der Waals surface area contributed by atoms with Gasteiger partial charge in [0.25, 0.3) is 0 Å². The minimum atomic E-state index is -0.144. The van der Waals surface area contributed by atoms with Crippen molar-refractivity contribution in [3.05, 3.63) is 27.4 Å². The highest BCUT2D eigenvalue weighted by atomic mass is 32.2. The number of aliphatic hydroxyl groups is 1. The lowest BCUT2D eigenvalue weighted by Crippen LogP contribution is -2.08. The van der Waals surface area contributed by atoms with Gasteiger partial charge in [0, 0.05) is 10.3 Å². The molecule has 0 fully saturated rings. The van der Waals surface area contributed by atoms with Gasteiger partial charge in [0.05, 0.1) is 4.91 Å². The average molecular weight is 334 g/mol. The third kappa shape index (κ3) is 2.77. The molecule has 0 saturated heterocycles. The summed E-state index contributed by atoms with van der Waals surface area (Å²) in [6, 6.07) is 0. The number of carbonyl (C=O) groups is 1. The highest BCUT2D eigenvalue weighted by Crippen LogP contribution is 2.42. The molecule has 116 valence electrons. The molecule has 0 saturated carbocycles. The van der Waals surface area contributed by atoms with Crippen LogP contribution in [0, 0.1) is 5.92 Å². The molecule has 0 spiro atoms. The summed E-state index contributed by atoms with van der Waals surface area (Å²) < 4.78 is 0. The first-order valence-electron chi connectivity index (χ1n) is 7.31. The van der Waals surface area contributed by atoms with E-state index in [0.29, 0.717) is 10.8 Å². The maximum Gasteiger partial charge on any atom is 0.169 e. The van der Waals surface area contributed by atoms with E-state index in [9.17, 15) is 9.90 Å². The molecule has 2 aromatic rings. The molecule has 0 bridgehead atoms. The normalized spacial score (nSPS) is 19.0. The van der Waals surface area contributed by atoms with Crippen molar-refractivity contribution < 1.29 is 9.90 Å². The summed E-state index contributed by atoms with van der Waals surface area (Å²) in [5.74, 6) is 0.605. The number of rotatable bonds is 3. The van der Waals surface area contributed by atoms with Crippen LogP contribution in [0.1, 0.15) is 37.6 Å². The fourth-order valence-electron chi connectivity index (χ4n) is 2.82. The number of nitrogens with zero attached hydrogens (tertiary/aromatic N) is 2. The molecule has 1 aliphatic carbocycles. The van der Waals surface area contributed by atoms with Crippen molar-refractivity contribution in [2.75, 3.05) is 0 Å². The number of aryl methyl sites for hydroxylation is 1. The second-order valence-electron chi connectivity index (χ2n) is 5.78. The smallest absolute Gasteiger partial charge is 0.169 e. The molecular weight excluding hydrogens is 316 g/mol. The molecule has 1 unspecified atom stereocenters. The van der Waals surface area contributed by atoms with E-state index < -0.39 is 0 Å². The minimum absolute atomic E-state index is 0.0435. The summed E-state index contributed by atoms with van der Waals surface area (Å²) in [7, 11) is 0. The van der Waals surface area contributed by atoms with Crippen LogP contribution in [0.2, 0.25) is 0 Å². The Balaban J connectivity index is 2.11. The van der Waals surface area contributed by atoms with Gasteiger partial charge in [0.1, 0.15) is 21.9 Å². The van der Waals surface area contributed by atoms with Crippen molar-refractivity contribution in [2.24, 2.45) is 5.92 Å². The van der Waals surface area contributed by atoms with Gasteiger partial charge < -0.3 is 5.11 Å². The molecule has 4 nitrogen and oxygen atoms in total. The van der Waals surface area contributed by atoms with Crippen LogP contribution in [0.3, 0.4) is 0 Å². The molecule has 3 rings (SSSR count). The molecule has 2 aromatic heterocycles. The number of Topliss-reactive ketones (excluding diaryl/α,β-unsaturated/α-hetero) is 1. The molecule has 1 aliphatic rings. The second kappa shape index (κ2) is 6.01. The quantitative estimate of drug-likeness (QED) is 0.393. The number of carbonyl (C=O) groups excluding carboxylic acids is 1. The predicted octanol–water partition coefficient (Wildman–Crippen LogP) is 4.29. The van der Waals surface area contributed by atoms with Gasteiger partial charge in [-0.2, -0.15) is 0 Å². The Morgan fingerprint density at radius 1 is 1.41 bits per heavy atom. The van der Waals surface area contributed by atoms with E-state index >= 15 is 0 Å². The summed E-state index contributed by atoms with van der Waals surface area (Å²) >= 11 is 2.98. The fraction of sp³-hybridized carbons (Fsp3) is 0.438. The van der Waals surface area contributed by atoms with E-state index in [2.05, 4.69) is 16.9 Å². The van der Waals surface area contributed by atoms with Crippen molar-refractivity contribution in [3.8, 4) is 0 Å². The summed E-state index contributed by atoms with van der Waals surface area (Å²) in [5, 5.41) is 11.6. The van der Waals surface area contributed by atoms with Gasteiger partial charge in [-0.1, -0.05) is 18.7 Å². The number of ketones is 1. The number of fused-ring (bicyclic) bond motifs is 3. The Morgan fingerprint density at radius 2 is 2.18 bits per heavy atom. The molecule has 0 radical (unpaired) electrons. The van der Waals surface area contributed by atoms with Crippen LogP contribution < -0.4 is 0 Å². The van der Waals surface area contributed by atoms with Crippen molar-refractivity contribution in [3.63, 3.8) is 0 Å². The minimum Gasteiger partial charge on any atom is -0.511 e. The SMILES string of the molecule is CC(=O)C(Sc1ncnc2sc3c(c12)CCC(C)C3)=C(C)O. The van der Waals surface area contributed by atoms with Gasteiger partial charge in [-0.15, -0.1) is 11.3 Å². The lowest BCUT2D eigenvalue weighted by Gasteiger charge is -2.18. The van der Waals surface area contributed by atoms with Crippen LogP contribution in [0.15, 0.2) is 22.0 Å². The lowest BCUT2D eigenvalue weighted by molar-refractivity contribution is -0.113. The second-order valence-corrected chi connectivity index (χ2v) is 7.87. The topological polar surface area (TPSA) is 63.1 Å². The Kier molecular flexibility index (Phi) is 4.23. The Labute approximate surface area is 137 Å². The third-order valence-corrected chi connectivity index (χ3v) is 6.36. The van der Waals surface area contributed by atoms with Crippen LogP contribution >= 0.6 is 23.1 Å². The summed E-state index contributed by atoms with van der Waals surface area (Å²) in [4.78, 5) is 23.2. The maximum absolute atomic E-state index is 11.7. The molecule has 22 heavy (non-hydrogen) atoms. The first kappa shape index (κ1) is 15.5. The van der Waals surface area contributed by atoms with E-state index in [-0.39, 0.29) is 11.5 Å². The number of thiophene rings is 1. The molecule has 0 amide bonds. The zero-order chi connectivity index (χ0) is 15.9. The molecule has 2 heterocycles. The summed E-state index contributed by atoms with van der Waals surface area (Å²) in [6.07, 6.45) is 4.84. The molecule has 6 heteroatoms. The van der Waals surface area contributed by atoms with E-state index in [1.165, 1.54) is 42.5 Å². The van der Waals surface area contributed by atoms with Gasteiger partial charge >= 0.3 is 0 Å². The van der Waals surface area contributed by atoms with Crippen LogP contribution in [-0.2, 0) is 17.6 Å². The van der Waals surface area contributed by atoms with E-state index in [0.717, 1.165) is 28.1 Å². The Morgan fingerprint density at radius 3 is 2.86 bits per heavy atom. The van der Waals surface area contributed by atoms with Gasteiger partial charge in [-0.05, 0) is 44.6 Å². The number of thioether (sulfide) groups is 1. The predicted molar refractivity (Wildman–Crippen MR) is 90.5 cm³/mol. The molecule has 1 atom stereocenters. The molecule has 0 aromatic carbocycles. The highest BCUT2D eigenvalue weighted by molar-refractivity contribution is 8.04. The number of aromatic nitrogens is 2. The van der Waals surface area contributed by atoms with Gasteiger partial charge in [-0.25, -0.2) is 9.97 Å². The third-order valence-electron chi connectivity index (χ3n) is 3.90. The largest absolute Gasteiger partial charge is 0.511 e. The Bertz CT molecular complexity index is 776. The number of aliphatic hydroxyl groups excluding tert-OH is 1. The van der Waals surface area contributed by atoms with Crippen molar-refractivity contribution >= 4 is 39.1 Å². The standard InChI is InChI=1S/C16H18N2O2S2/c1-8-4-5-11-12(6-8)21-15-13(11)16(18-7-17-15)22-14(9(2)19)10(3)20/h7-8,19H,4-6H2,1-3H3. The van der Waals surface area contributed by atoms with Gasteiger partial charge in [0.15, 0.2) is 5.78 Å². The first-order valence-corrected chi connectivity index (χ1v) is 8.94. The fourth-order valence-corrected chi connectivity index (χ4v) is 5.14. The summed E-state index contributed by atoms with van der Waals surface area (Å²) in [5.41, 5.74) is 1.33. The maximum atomic E-state index is 11.7. The number of hydrogen-bond donors (Lipinski definition) is 1. The Hall–Kier alpha value is -1.40. The van der Waals surface area contributed by atoms with Crippen molar-refractivity contribution in [1.29, 1.82) is 0 Å². The van der Waals surface area contributed by atoms with Gasteiger partial charge in [-0.3, -0.25) is 4.79 Å². The zero-order valence-corrected chi connectivity index (χ0v) is 14.5. The number of hydrogen-bond acceptors (Lipinski definition) is 6. The van der Waals surface area contributed by atoms with E-state index in [1.54, 1.807) is 17.7 Å². The highest BCUT2D eigenvalue weighted by Gasteiger charge is 2.24. The van der Waals surface area contributed by atoms with Crippen molar-refractivity contribution in [2.45, 2.75) is 45.1 Å².